The van der Waals surface area contributed by atoms with Gasteiger partial charge in [-0.2, -0.15) is 0 Å². The van der Waals surface area contributed by atoms with Gasteiger partial charge in [0.15, 0.2) is 0 Å². The van der Waals surface area contributed by atoms with Crippen LogP contribution in [0.1, 0.15) is 35.2 Å². The molecule has 0 fully saturated rings. The number of aromatic carboxylic acids is 1. The molecule has 0 heterocycles. The molecule has 17 heavy (non-hydrogen) atoms. The van der Waals surface area contributed by atoms with Crippen molar-refractivity contribution in [1.29, 1.82) is 0 Å². The topological polar surface area (TPSA) is 80.4 Å². The lowest BCUT2D eigenvalue weighted by molar-refractivity contribution is -0.402. The number of carboxylic acids is 1. The van der Waals surface area contributed by atoms with Gasteiger partial charge in [0.1, 0.15) is 0 Å². The van der Waals surface area contributed by atoms with Crippen LogP contribution in [0.4, 0.5) is 0 Å². The van der Waals surface area contributed by atoms with Gasteiger partial charge in [0.2, 0.25) is 6.20 Å². The van der Waals surface area contributed by atoms with Gasteiger partial charge >= 0.3 is 5.97 Å². The minimum Gasteiger partial charge on any atom is -0.478 e. The molecular weight excluding hydrogens is 222 g/mol. The van der Waals surface area contributed by atoms with Gasteiger partial charge < -0.3 is 5.11 Å². The minimum atomic E-state index is -0.961. The third-order valence-corrected chi connectivity index (χ3v) is 2.44. The van der Waals surface area contributed by atoms with Gasteiger partial charge in [-0.1, -0.05) is 19.1 Å². The molecule has 0 radical (unpaired) electrons. The molecule has 0 aliphatic rings. The smallest absolute Gasteiger partial charge is 0.335 e. The SMILES string of the molecule is CC(CC=C[N+](=O)[O-])c1ccc(C(=O)O)cc1. The molecule has 0 spiro atoms. The first-order valence-corrected chi connectivity index (χ1v) is 5.14. The molecule has 1 rings (SSSR count). The van der Waals surface area contributed by atoms with Gasteiger partial charge in [-0.25, -0.2) is 4.79 Å². The molecule has 1 unspecified atom stereocenters. The molecule has 90 valence electrons. The van der Waals surface area contributed by atoms with Crippen LogP contribution in [0, 0.1) is 10.1 Å². The summed E-state index contributed by atoms with van der Waals surface area (Å²) < 4.78 is 0. The Morgan fingerprint density at radius 2 is 2.06 bits per heavy atom. The second kappa shape index (κ2) is 5.79. The monoisotopic (exact) mass is 235 g/mol. The molecule has 1 aromatic carbocycles. The Morgan fingerprint density at radius 1 is 1.47 bits per heavy atom. The van der Waals surface area contributed by atoms with Crippen LogP contribution in [0.15, 0.2) is 36.5 Å². The van der Waals surface area contributed by atoms with Gasteiger partial charge in [0.25, 0.3) is 0 Å². The summed E-state index contributed by atoms with van der Waals surface area (Å²) in [6.07, 6.45) is 2.96. The van der Waals surface area contributed by atoms with Gasteiger partial charge in [-0.15, -0.1) is 0 Å². The summed E-state index contributed by atoms with van der Waals surface area (Å²) in [6.45, 7) is 1.93. The lowest BCUT2D eigenvalue weighted by Crippen LogP contribution is -1.98. The fourth-order valence-electron chi connectivity index (χ4n) is 1.44. The summed E-state index contributed by atoms with van der Waals surface area (Å²) in [4.78, 5) is 20.2. The number of nitrogens with zero attached hydrogens (tertiary/aromatic N) is 1. The highest BCUT2D eigenvalue weighted by molar-refractivity contribution is 5.87. The number of hydrogen-bond acceptors (Lipinski definition) is 3. The van der Waals surface area contributed by atoms with Crippen LogP contribution >= 0.6 is 0 Å². The quantitative estimate of drug-likeness (QED) is 0.628. The highest BCUT2D eigenvalue weighted by atomic mass is 16.6. The predicted molar refractivity (Wildman–Crippen MR) is 62.6 cm³/mol. The van der Waals surface area contributed by atoms with Crippen molar-refractivity contribution >= 4 is 5.97 Å². The summed E-state index contributed by atoms with van der Waals surface area (Å²) in [7, 11) is 0. The summed E-state index contributed by atoms with van der Waals surface area (Å²) in [5.74, 6) is -0.841. The van der Waals surface area contributed by atoms with E-state index in [-0.39, 0.29) is 11.5 Å². The zero-order valence-electron chi connectivity index (χ0n) is 9.37. The number of carbonyl (C=O) groups is 1. The molecule has 1 aromatic rings. The van der Waals surface area contributed by atoms with Crippen molar-refractivity contribution in [3.8, 4) is 0 Å². The summed E-state index contributed by atoms with van der Waals surface area (Å²) in [5, 5.41) is 18.8. The molecule has 0 saturated carbocycles. The number of hydrogen-bond donors (Lipinski definition) is 1. The molecule has 5 heteroatoms. The van der Waals surface area contributed by atoms with Gasteiger partial charge in [0.05, 0.1) is 10.5 Å². The molecule has 0 aromatic heterocycles. The highest BCUT2D eigenvalue weighted by Crippen LogP contribution is 2.19. The van der Waals surface area contributed by atoms with Crippen LogP contribution in [-0.4, -0.2) is 16.0 Å². The third kappa shape index (κ3) is 4.06. The average Bonchev–Trinajstić information content (AvgIpc) is 2.28. The van der Waals surface area contributed by atoms with Gasteiger partial charge in [-0.3, -0.25) is 10.1 Å². The van der Waals surface area contributed by atoms with Crippen molar-refractivity contribution in [2.24, 2.45) is 0 Å². The Labute approximate surface area is 98.5 Å². The van der Waals surface area contributed by atoms with Crippen LogP contribution in [0.2, 0.25) is 0 Å². The summed E-state index contributed by atoms with van der Waals surface area (Å²) in [6, 6.07) is 6.53. The summed E-state index contributed by atoms with van der Waals surface area (Å²) >= 11 is 0. The van der Waals surface area contributed by atoms with E-state index in [1.54, 1.807) is 12.1 Å². The van der Waals surface area contributed by atoms with Crippen molar-refractivity contribution in [1.82, 2.24) is 0 Å². The molecular formula is C12H13NO4. The number of rotatable bonds is 5. The van der Waals surface area contributed by atoms with Crippen LogP contribution < -0.4 is 0 Å². The van der Waals surface area contributed by atoms with E-state index in [4.69, 9.17) is 5.11 Å². The van der Waals surface area contributed by atoms with E-state index in [0.717, 1.165) is 11.8 Å². The van der Waals surface area contributed by atoms with E-state index < -0.39 is 10.9 Å². The zero-order valence-corrected chi connectivity index (χ0v) is 9.37. The van der Waals surface area contributed by atoms with Crippen LogP contribution in [-0.2, 0) is 0 Å². The summed E-state index contributed by atoms with van der Waals surface area (Å²) in [5.41, 5.74) is 1.20. The van der Waals surface area contributed by atoms with Crippen molar-refractivity contribution in [3.05, 3.63) is 57.8 Å². The lowest BCUT2D eigenvalue weighted by Gasteiger charge is -2.08. The molecule has 1 atom stereocenters. The fourth-order valence-corrected chi connectivity index (χ4v) is 1.44. The lowest BCUT2D eigenvalue weighted by atomic mass is 9.97. The zero-order chi connectivity index (χ0) is 12.8. The normalized spacial score (nSPS) is 12.5. The Hall–Kier alpha value is -2.17. The van der Waals surface area contributed by atoms with E-state index in [1.807, 2.05) is 6.92 Å². The molecule has 5 nitrogen and oxygen atoms in total. The van der Waals surface area contributed by atoms with Gasteiger partial charge in [-0.05, 0) is 36.1 Å². The molecule has 0 bridgehead atoms. The minimum absolute atomic E-state index is 0.119. The van der Waals surface area contributed by atoms with E-state index in [9.17, 15) is 14.9 Å². The number of nitro groups is 1. The maximum atomic E-state index is 10.6. The van der Waals surface area contributed by atoms with Crippen LogP contribution in [0.3, 0.4) is 0 Å². The number of carboxylic acid groups (broad SMARTS) is 1. The molecule has 0 aliphatic carbocycles. The molecule has 0 aliphatic heterocycles. The first-order valence-electron chi connectivity index (χ1n) is 5.14. The molecule has 0 saturated heterocycles. The molecule has 0 amide bonds. The highest BCUT2D eigenvalue weighted by Gasteiger charge is 2.06. The van der Waals surface area contributed by atoms with Crippen molar-refractivity contribution in [2.75, 3.05) is 0 Å². The second-order valence-corrected chi connectivity index (χ2v) is 3.73. The largest absolute Gasteiger partial charge is 0.478 e. The maximum Gasteiger partial charge on any atom is 0.335 e. The van der Waals surface area contributed by atoms with E-state index >= 15 is 0 Å². The fraction of sp³-hybridized carbons (Fsp3) is 0.250. The maximum absolute atomic E-state index is 10.6. The number of benzene rings is 1. The van der Waals surface area contributed by atoms with Gasteiger partial charge in [0, 0.05) is 0 Å². The number of allylic oxidation sites excluding steroid dienone is 1. The van der Waals surface area contributed by atoms with E-state index in [2.05, 4.69) is 0 Å². The Morgan fingerprint density at radius 3 is 2.53 bits per heavy atom. The van der Waals surface area contributed by atoms with E-state index in [0.29, 0.717) is 6.42 Å². The first-order chi connectivity index (χ1) is 8.00. The predicted octanol–water partition coefficient (Wildman–Crippen LogP) is 2.67. The first kappa shape index (κ1) is 12.9. The average molecular weight is 235 g/mol. The van der Waals surface area contributed by atoms with Crippen molar-refractivity contribution in [2.45, 2.75) is 19.3 Å². The van der Waals surface area contributed by atoms with E-state index in [1.165, 1.54) is 18.2 Å². The van der Waals surface area contributed by atoms with Crippen molar-refractivity contribution < 1.29 is 14.8 Å². The Balaban J connectivity index is 2.66. The van der Waals surface area contributed by atoms with Crippen LogP contribution in [0.5, 0.6) is 0 Å². The Bertz CT molecular complexity index is 436. The van der Waals surface area contributed by atoms with Crippen molar-refractivity contribution in [3.63, 3.8) is 0 Å². The van der Waals surface area contributed by atoms with Crippen LogP contribution in [0.25, 0.3) is 0 Å². The Kier molecular flexibility index (Phi) is 4.39. The molecule has 1 N–H and O–H groups in total. The standard InChI is InChI=1S/C12H13NO4/c1-9(3-2-8-13(16)17)10-4-6-11(7-5-10)12(14)15/h2,4-9H,3H2,1H3,(H,14,15). The second-order valence-electron chi connectivity index (χ2n) is 3.73. The third-order valence-electron chi connectivity index (χ3n) is 2.44.